The summed E-state index contributed by atoms with van der Waals surface area (Å²) in [4.78, 5) is 12.9. The molecule has 0 aliphatic rings. The highest BCUT2D eigenvalue weighted by atomic mass is 35.5. The first kappa shape index (κ1) is 13.8. The maximum Gasteiger partial charge on any atom is 0.303 e. The molecule has 84 valence electrons. The minimum atomic E-state index is -2.49. The number of rotatable bonds is 2. The lowest BCUT2D eigenvalue weighted by Crippen LogP contribution is -1.86. The van der Waals surface area contributed by atoms with Crippen LogP contribution in [0.25, 0.3) is 0 Å². The minimum absolute atomic E-state index is 0.146. The van der Waals surface area contributed by atoms with Crippen LogP contribution >= 0.6 is 11.6 Å². The van der Waals surface area contributed by atoms with Crippen LogP contribution in [0.1, 0.15) is 25.3 Å². The molecule has 3 nitrogen and oxygen atoms in total. The Morgan fingerprint density at radius 2 is 2.13 bits per heavy atom. The first-order valence-electron chi connectivity index (χ1n) is 4.07. The van der Waals surface area contributed by atoms with Crippen LogP contribution in [0, 0.1) is 0 Å². The Morgan fingerprint density at radius 1 is 1.60 bits per heavy atom. The summed E-state index contributed by atoms with van der Waals surface area (Å²) in [5.74, 6) is -0.745. The van der Waals surface area contributed by atoms with Gasteiger partial charge in [0.25, 0.3) is 6.43 Å². The van der Waals surface area contributed by atoms with E-state index in [0.717, 1.165) is 6.20 Å². The van der Waals surface area contributed by atoms with Gasteiger partial charge >= 0.3 is 5.97 Å². The average molecular weight is 238 g/mol. The van der Waals surface area contributed by atoms with Crippen molar-refractivity contribution in [1.29, 1.82) is 0 Å². The van der Waals surface area contributed by atoms with E-state index < -0.39 is 12.4 Å². The van der Waals surface area contributed by atoms with Crippen molar-refractivity contribution < 1.29 is 18.7 Å². The number of nitrogens with zero attached hydrogens (tertiary/aromatic N) is 1. The molecular weight excluding hydrogens is 228 g/mol. The number of aliphatic carboxylic acids is 1. The molecule has 6 heteroatoms. The number of aromatic nitrogens is 1. The van der Waals surface area contributed by atoms with Gasteiger partial charge in [-0.2, -0.15) is 0 Å². The molecule has 1 aromatic rings. The highest BCUT2D eigenvalue weighted by molar-refractivity contribution is 6.30. The largest absolute Gasteiger partial charge is 0.481 e. The predicted octanol–water partition coefficient (Wildman–Crippen LogP) is 3.15. The topological polar surface area (TPSA) is 50.2 Å². The summed E-state index contributed by atoms with van der Waals surface area (Å²) in [6, 6.07) is 1.19. The number of carboxylic acid groups (broad SMARTS) is 1. The van der Waals surface area contributed by atoms with Gasteiger partial charge in [-0.15, -0.1) is 0 Å². The van der Waals surface area contributed by atoms with E-state index in [0.29, 0.717) is 0 Å². The quantitative estimate of drug-likeness (QED) is 0.860. The summed E-state index contributed by atoms with van der Waals surface area (Å²) in [5.41, 5.74) is -0.146. The van der Waals surface area contributed by atoms with Crippen molar-refractivity contribution in [1.82, 2.24) is 4.98 Å². The van der Waals surface area contributed by atoms with Crippen LogP contribution in [0.15, 0.2) is 18.5 Å². The van der Waals surface area contributed by atoms with Crippen LogP contribution in [0.5, 0.6) is 0 Å². The second-order valence-electron chi connectivity index (χ2n) is 2.48. The summed E-state index contributed by atoms with van der Waals surface area (Å²) in [6.07, 6.45) is 0.135. The van der Waals surface area contributed by atoms with Gasteiger partial charge in [0.15, 0.2) is 0 Å². The van der Waals surface area contributed by atoms with Crippen molar-refractivity contribution in [2.75, 3.05) is 0 Å². The Bertz CT molecular complexity index is 321. The Balaban J connectivity index is 0.000000336. The molecule has 0 bridgehead atoms. The van der Waals surface area contributed by atoms with Crippen molar-refractivity contribution >= 4 is 17.6 Å². The second-order valence-corrected chi connectivity index (χ2v) is 2.92. The fourth-order valence-electron chi connectivity index (χ4n) is 0.548. The summed E-state index contributed by atoms with van der Waals surface area (Å²) in [7, 11) is 0. The predicted molar refractivity (Wildman–Crippen MR) is 52.1 cm³/mol. The van der Waals surface area contributed by atoms with Gasteiger partial charge in [0.2, 0.25) is 0 Å². The first-order chi connectivity index (χ1) is 6.97. The van der Waals surface area contributed by atoms with Crippen molar-refractivity contribution in [3.05, 3.63) is 29.0 Å². The third-order valence-corrected chi connectivity index (χ3v) is 1.49. The zero-order chi connectivity index (χ0) is 11.8. The standard InChI is InChI=1S/C6H4ClF2N.C3H6O2/c7-5-1-4(6(8)9)2-10-3-5;1-2-3(4)5/h1-3,6H;2H2,1H3,(H,4,5). The molecule has 0 aliphatic heterocycles. The first-order valence-corrected chi connectivity index (χ1v) is 4.45. The fourth-order valence-corrected chi connectivity index (χ4v) is 0.730. The average Bonchev–Trinajstić information content (AvgIpc) is 2.18. The molecule has 15 heavy (non-hydrogen) atoms. The smallest absolute Gasteiger partial charge is 0.303 e. The van der Waals surface area contributed by atoms with Crippen molar-refractivity contribution in [3.63, 3.8) is 0 Å². The van der Waals surface area contributed by atoms with Gasteiger partial charge in [0, 0.05) is 24.4 Å². The Hall–Kier alpha value is -1.23. The number of alkyl halides is 2. The van der Waals surface area contributed by atoms with Gasteiger partial charge in [0.1, 0.15) is 0 Å². The summed E-state index contributed by atoms with van der Waals surface area (Å²) >= 11 is 5.39. The maximum absolute atomic E-state index is 11.8. The fraction of sp³-hybridized carbons (Fsp3) is 0.333. The molecule has 0 saturated carbocycles. The highest BCUT2D eigenvalue weighted by Crippen LogP contribution is 2.19. The van der Waals surface area contributed by atoms with E-state index in [1.54, 1.807) is 6.92 Å². The van der Waals surface area contributed by atoms with E-state index in [4.69, 9.17) is 16.7 Å². The van der Waals surface area contributed by atoms with Gasteiger partial charge in [-0.1, -0.05) is 18.5 Å². The Morgan fingerprint density at radius 3 is 2.40 bits per heavy atom. The summed E-state index contributed by atoms with van der Waals surface area (Å²) in [5, 5.41) is 7.96. The van der Waals surface area contributed by atoms with Crippen LogP contribution < -0.4 is 0 Å². The van der Waals surface area contributed by atoms with E-state index in [-0.39, 0.29) is 17.0 Å². The Kier molecular flexibility index (Phi) is 6.53. The molecule has 0 unspecified atom stereocenters. The van der Waals surface area contributed by atoms with E-state index in [1.165, 1.54) is 12.3 Å². The number of pyridine rings is 1. The molecule has 1 rings (SSSR count). The Labute approximate surface area is 90.7 Å². The second kappa shape index (κ2) is 7.11. The van der Waals surface area contributed by atoms with Gasteiger partial charge in [-0.3, -0.25) is 9.78 Å². The third-order valence-electron chi connectivity index (χ3n) is 1.28. The van der Waals surface area contributed by atoms with Crippen LogP contribution in [0.2, 0.25) is 5.02 Å². The number of hydrogen-bond acceptors (Lipinski definition) is 2. The normalized spacial score (nSPS) is 9.40. The molecule has 0 aromatic carbocycles. The van der Waals surface area contributed by atoms with E-state index >= 15 is 0 Å². The van der Waals surface area contributed by atoms with Crippen LogP contribution in [-0.2, 0) is 4.79 Å². The van der Waals surface area contributed by atoms with Gasteiger partial charge in [-0.25, -0.2) is 8.78 Å². The van der Waals surface area contributed by atoms with E-state index in [2.05, 4.69) is 4.98 Å². The maximum atomic E-state index is 11.8. The summed E-state index contributed by atoms with van der Waals surface area (Å²) < 4.78 is 23.7. The number of carboxylic acids is 1. The molecule has 0 atom stereocenters. The van der Waals surface area contributed by atoms with Crippen LogP contribution in [-0.4, -0.2) is 16.1 Å². The van der Waals surface area contributed by atoms with E-state index in [9.17, 15) is 13.6 Å². The van der Waals surface area contributed by atoms with Gasteiger partial charge in [0.05, 0.1) is 5.02 Å². The molecule has 1 heterocycles. The number of carbonyl (C=O) groups is 1. The zero-order valence-electron chi connectivity index (χ0n) is 7.95. The number of halogens is 3. The molecule has 0 fully saturated rings. The minimum Gasteiger partial charge on any atom is -0.481 e. The monoisotopic (exact) mass is 237 g/mol. The lowest BCUT2D eigenvalue weighted by molar-refractivity contribution is -0.136. The molecule has 0 amide bonds. The molecule has 0 spiro atoms. The molecular formula is C9H10ClF2NO2. The number of hydrogen-bond donors (Lipinski definition) is 1. The lowest BCUT2D eigenvalue weighted by atomic mass is 10.3. The zero-order valence-corrected chi connectivity index (χ0v) is 8.71. The summed E-state index contributed by atoms with van der Waals surface area (Å²) in [6.45, 7) is 1.60. The molecule has 0 radical (unpaired) electrons. The lowest BCUT2D eigenvalue weighted by Gasteiger charge is -1.96. The van der Waals surface area contributed by atoms with Crippen molar-refractivity contribution in [2.45, 2.75) is 19.8 Å². The third kappa shape index (κ3) is 6.79. The van der Waals surface area contributed by atoms with Gasteiger partial charge in [-0.05, 0) is 6.07 Å². The molecule has 1 aromatic heterocycles. The van der Waals surface area contributed by atoms with Gasteiger partial charge < -0.3 is 5.11 Å². The van der Waals surface area contributed by atoms with Crippen molar-refractivity contribution in [2.24, 2.45) is 0 Å². The van der Waals surface area contributed by atoms with Crippen molar-refractivity contribution in [3.8, 4) is 0 Å². The highest BCUT2D eigenvalue weighted by Gasteiger charge is 2.06. The van der Waals surface area contributed by atoms with Crippen LogP contribution in [0.3, 0.4) is 0 Å². The molecule has 0 aliphatic carbocycles. The van der Waals surface area contributed by atoms with E-state index in [1.807, 2.05) is 0 Å². The SMILES string of the molecule is CCC(=O)O.FC(F)c1cncc(Cl)c1. The van der Waals surface area contributed by atoms with Crippen LogP contribution in [0.4, 0.5) is 8.78 Å². The molecule has 0 saturated heterocycles. The molecule has 1 N–H and O–H groups in total.